The summed E-state index contributed by atoms with van der Waals surface area (Å²) in [5, 5.41) is 5.34. The molecule has 28 heavy (non-hydrogen) atoms. The van der Waals surface area contributed by atoms with Gasteiger partial charge >= 0.3 is 0 Å². The number of aromatic nitrogens is 2. The molecule has 1 aliphatic heterocycles. The Hall–Kier alpha value is -2.77. The first-order valence-corrected chi connectivity index (χ1v) is 10.7. The summed E-state index contributed by atoms with van der Waals surface area (Å²) in [4.78, 5) is 4.51. The minimum absolute atomic E-state index is 0.0783. The molecule has 7 heteroatoms. The van der Waals surface area contributed by atoms with Crippen molar-refractivity contribution >= 4 is 16.1 Å². The fraction of sp³-hybridized carbons (Fsp3) is 0.238. The largest absolute Gasteiger partial charge is 0.339 e. The van der Waals surface area contributed by atoms with Crippen LogP contribution >= 0.6 is 0 Å². The van der Waals surface area contributed by atoms with E-state index in [0.29, 0.717) is 37.6 Å². The minimum atomic E-state index is -3.44. The normalized spacial score (nSPS) is 16.6. The van der Waals surface area contributed by atoms with E-state index in [-0.39, 0.29) is 5.92 Å². The zero-order valence-corrected chi connectivity index (χ0v) is 16.1. The average molecular weight is 395 g/mol. The Morgan fingerprint density at radius 3 is 2.29 bits per heavy atom. The molecule has 0 bridgehead atoms. The highest BCUT2D eigenvalue weighted by Crippen LogP contribution is 2.29. The van der Waals surface area contributed by atoms with E-state index >= 15 is 0 Å². The van der Waals surface area contributed by atoms with E-state index in [0.717, 1.165) is 11.1 Å². The molecule has 0 aliphatic carbocycles. The van der Waals surface area contributed by atoms with Gasteiger partial charge in [-0.2, -0.15) is 9.29 Å². The lowest BCUT2D eigenvalue weighted by Gasteiger charge is -2.28. The maximum Gasteiger partial charge on any atom is 0.236 e. The lowest BCUT2D eigenvalue weighted by Crippen LogP contribution is -2.36. The summed E-state index contributed by atoms with van der Waals surface area (Å²) < 4.78 is 32.1. The average Bonchev–Trinajstić information content (AvgIpc) is 3.24. The Morgan fingerprint density at radius 2 is 1.61 bits per heavy atom. The van der Waals surface area contributed by atoms with Crippen LogP contribution in [0.5, 0.6) is 0 Å². The zero-order valence-electron chi connectivity index (χ0n) is 15.3. The molecule has 1 fully saturated rings. The molecule has 1 saturated heterocycles. The number of hydrogen-bond acceptors (Lipinski definition) is 5. The number of rotatable bonds is 5. The second-order valence-electron chi connectivity index (χ2n) is 6.75. The van der Waals surface area contributed by atoms with Crippen LogP contribution in [-0.4, -0.2) is 36.0 Å². The van der Waals surface area contributed by atoms with Gasteiger partial charge in [-0.1, -0.05) is 65.8 Å². The molecule has 0 spiro atoms. The molecular formula is C21H21N3O3S. The van der Waals surface area contributed by atoms with Crippen LogP contribution in [0.2, 0.25) is 0 Å². The number of benzene rings is 2. The second-order valence-corrected chi connectivity index (χ2v) is 8.57. The first-order chi connectivity index (χ1) is 13.6. The molecule has 0 unspecified atom stereocenters. The highest BCUT2D eigenvalue weighted by molar-refractivity contribution is 7.92. The van der Waals surface area contributed by atoms with Gasteiger partial charge in [-0.3, -0.25) is 0 Å². The van der Waals surface area contributed by atoms with Crippen molar-refractivity contribution < 1.29 is 12.9 Å². The van der Waals surface area contributed by atoms with Crippen LogP contribution in [-0.2, 0) is 10.0 Å². The van der Waals surface area contributed by atoms with Gasteiger partial charge in [-0.15, -0.1) is 0 Å². The van der Waals surface area contributed by atoms with Gasteiger partial charge in [0.1, 0.15) is 0 Å². The van der Waals surface area contributed by atoms with Gasteiger partial charge in [0, 0.05) is 30.0 Å². The van der Waals surface area contributed by atoms with Crippen molar-refractivity contribution in [3.05, 3.63) is 77.5 Å². The molecule has 3 aromatic rings. The van der Waals surface area contributed by atoms with Crippen LogP contribution < -0.4 is 0 Å². The predicted molar refractivity (Wildman–Crippen MR) is 108 cm³/mol. The van der Waals surface area contributed by atoms with Gasteiger partial charge < -0.3 is 4.52 Å². The van der Waals surface area contributed by atoms with E-state index in [1.165, 1.54) is 9.71 Å². The van der Waals surface area contributed by atoms with E-state index in [1.807, 2.05) is 60.7 Å². The van der Waals surface area contributed by atoms with Crippen LogP contribution in [0.25, 0.3) is 17.5 Å². The maximum absolute atomic E-state index is 12.6. The van der Waals surface area contributed by atoms with Crippen LogP contribution in [0, 0.1) is 0 Å². The van der Waals surface area contributed by atoms with E-state index in [2.05, 4.69) is 10.1 Å². The number of hydrogen-bond donors (Lipinski definition) is 0. The van der Waals surface area contributed by atoms with Crippen molar-refractivity contribution in [1.82, 2.24) is 14.4 Å². The van der Waals surface area contributed by atoms with Gasteiger partial charge in [0.25, 0.3) is 0 Å². The van der Waals surface area contributed by atoms with Crippen molar-refractivity contribution in [3.8, 4) is 11.4 Å². The zero-order chi connectivity index (χ0) is 19.4. The molecule has 144 valence electrons. The van der Waals surface area contributed by atoms with Crippen molar-refractivity contribution in [2.45, 2.75) is 18.8 Å². The third kappa shape index (κ3) is 4.21. The molecule has 0 saturated carbocycles. The third-order valence-electron chi connectivity index (χ3n) is 4.87. The molecule has 0 atom stereocenters. The van der Waals surface area contributed by atoms with Gasteiger partial charge in [0.05, 0.1) is 0 Å². The predicted octanol–water partition coefficient (Wildman–Crippen LogP) is 3.92. The summed E-state index contributed by atoms with van der Waals surface area (Å²) in [5.74, 6) is 1.22. The van der Waals surface area contributed by atoms with Crippen LogP contribution in [0.3, 0.4) is 0 Å². The molecule has 1 aliphatic rings. The SMILES string of the molecule is O=S(=O)(/C=C/c1ccccc1)N1CCC(c2nc(-c3ccccc3)no2)CC1. The summed E-state index contributed by atoms with van der Waals surface area (Å²) in [6.07, 6.45) is 2.95. The van der Waals surface area contributed by atoms with Crippen LogP contribution in [0.1, 0.15) is 30.2 Å². The molecule has 0 N–H and O–H groups in total. The Kier molecular flexibility index (Phi) is 5.36. The van der Waals surface area contributed by atoms with Crippen molar-refractivity contribution in [3.63, 3.8) is 0 Å². The Bertz CT molecular complexity index is 1040. The van der Waals surface area contributed by atoms with Crippen LogP contribution in [0.4, 0.5) is 0 Å². The smallest absolute Gasteiger partial charge is 0.236 e. The minimum Gasteiger partial charge on any atom is -0.339 e. The Balaban J connectivity index is 1.39. The Morgan fingerprint density at radius 1 is 0.964 bits per heavy atom. The van der Waals surface area contributed by atoms with E-state index < -0.39 is 10.0 Å². The summed E-state index contributed by atoms with van der Waals surface area (Å²) in [6, 6.07) is 19.1. The standard InChI is InChI=1S/C21H21N3O3S/c25-28(26,16-13-17-7-3-1-4-8-17)24-14-11-19(12-15-24)21-22-20(23-27-21)18-9-5-2-6-10-18/h1-10,13,16,19H,11-12,14-15H2/b16-13+. The number of piperidine rings is 1. The van der Waals surface area contributed by atoms with E-state index in [4.69, 9.17) is 4.52 Å². The maximum atomic E-state index is 12.6. The molecule has 4 rings (SSSR count). The fourth-order valence-electron chi connectivity index (χ4n) is 3.28. The monoisotopic (exact) mass is 395 g/mol. The number of sulfonamides is 1. The summed E-state index contributed by atoms with van der Waals surface area (Å²) in [5.41, 5.74) is 1.77. The summed E-state index contributed by atoms with van der Waals surface area (Å²) in [6.45, 7) is 0.879. The van der Waals surface area contributed by atoms with Gasteiger partial charge in [0.15, 0.2) is 0 Å². The van der Waals surface area contributed by atoms with E-state index in [1.54, 1.807) is 6.08 Å². The van der Waals surface area contributed by atoms with Gasteiger partial charge in [-0.05, 0) is 24.5 Å². The van der Waals surface area contributed by atoms with Crippen molar-refractivity contribution in [2.75, 3.05) is 13.1 Å². The summed E-state index contributed by atoms with van der Waals surface area (Å²) >= 11 is 0. The molecule has 2 aromatic carbocycles. The van der Waals surface area contributed by atoms with Crippen molar-refractivity contribution in [2.24, 2.45) is 0 Å². The lowest BCUT2D eigenvalue weighted by atomic mass is 9.98. The Labute approximate surface area is 164 Å². The topological polar surface area (TPSA) is 76.3 Å². The summed E-state index contributed by atoms with van der Waals surface area (Å²) in [7, 11) is -3.44. The fourth-order valence-corrected chi connectivity index (χ4v) is 4.50. The second kappa shape index (κ2) is 8.08. The molecule has 0 radical (unpaired) electrons. The lowest BCUT2D eigenvalue weighted by molar-refractivity contribution is 0.272. The molecular weight excluding hydrogens is 374 g/mol. The molecule has 0 amide bonds. The highest BCUT2D eigenvalue weighted by atomic mass is 32.2. The van der Waals surface area contributed by atoms with Gasteiger partial charge in [-0.25, -0.2) is 8.42 Å². The first kappa shape index (κ1) is 18.6. The molecule has 2 heterocycles. The quantitative estimate of drug-likeness (QED) is 0.654. The molecule has 6 nitrogen and oxygen atoms in total. The first-order valence-electron chi connectivity index (χ1n) is 9.24. The van der Waals surface area contributed by atoms with Crippen LogP contribution in [0.15, 0.2) is 70.6 Å². The van der Waals surface area contributed by atoms with Crippen molar-refractivity contribution in [1.29, 1.82) is 0 Å². The molecule has 1 aromatic heterocycles. The number of nitrogens with zero attached hydrogens (tertiary/aromatic N) is 3. The van der Waals surface area contributed by atoms with Gasteiger partial charge in [0.2, 0.25) is 21.7 Å². The highest BCUT2D eigenvalue weighted by Gasteiger charge is 2.30. The van der Waals surface area contributed by atoms with E-state index in [9.17, 15) is 8.42 Å². The third-order valence-corrected chi connectivity index (χ3v) is 6.43.